The molecule has 1 aromatic carbocycles. The zero-order valence-corrected chi connectivity index (χ0v) is 16.9. The Hall–Kier alpha value is -3.45. The molecule has 30 heavy (non-hydrogen) atoms. The maximum Gasteiger partial charge on any atom is 0.262 e. The van der Waals surface area contributed by atoms with E-state index in [0.717, 1.165) is 23.5 Å². The minimum atomic E-state index is -1.64. The molecule has 0 aliphatic carbocycles. The topological polar surface area (TPSA) is 82.7 Å². The number of amides is 1. The van der Waals surface area contributed by atoms with Crippen LogP contribution in [0.1, 0.15) is 29.0 Å². The predicted molar refractivity (Wildman–Crippen MR) is 112 cm³/mol. The summed E-state index contributed by atoms with van der Waals surface area (Å²) in [4.78, 5) is 20.4. The lowest BCUT2D eigenvalue weighted by atomic mass is 9.98. The molecule has 7 nitrogen and oxygen atoms in total. The van der Waals surface area contributed by atoms with E-state index in [1.165, 1.54) is 16.0 Å². The minimum absolute atomic E-state index is 0.186. The number of anilines is 1. The number of aromatic nitrogens is 2. The highest BCUT2D eigenvalue weighted by Gasteiger charge is 2.48. The molecule has 5 rings (SSSR count). The van der Waals surface area contributed by atoms with E-state index >= 15 is 0 Å². The Labute approximate surface area is 174 Å². The van der Waals surface area contributed by atoms with Crippen LogP contribution in [0.5, 0.6) is 0 Å². The van der Waals surface area contributed by atoms with E-state index in [-0.39, 0.29) is 11.7 Å². The van der Waals surface area contributed by atoms with Crippen LogP contribution in [0.3, 0.4) is 0 Å². The lowest BCUT2D eigenvalue weighted by Gasteiger charge is -2.26. The van der Waals surface area contributed by atoms with Crippen LogP contribution < -0.4 is 4.90 Å². The molecule has 152 valence electrons. The minimum Gasteiger partial charge on any atom is -0.373 e. The van der Waals surface area contributed by atoms with Gasteiger partial charge in [-0.3, -0.25) is 9.78 Å². The third kappa shape index (κ3) is 2.90. The molecule has 1 N–H and O–H groups in total. The van der Waals surface area contributed by atoms with E-state index in [4.69, 9.17) is 4.52 Å². The third-order valence-electron chi connectivity index (χ3n) is 5.97. The van der Waals surface area contributed by atoms with Crippen LogP contribution >= 0.6 is 0 Å². The van der Waals surface area contributed by atoms with Crippen molar-refractivity contribution >= 4 is 17.7 Å². The summed E-state index contributed by atoms with van der Waals surface area (Å²) in [7, 11) is 1.67. The van der Waals surface area contributed by atoms with Crippen LogP contribution in [0.4, 0.5) is 5.69 Å². The Bertz CT molecular complexity index is 1170. The molecule has 2 aliphatic rings. The number of carbonyl (C=O) groups excluding carboxylic acids is 1. The van der Waals surface area contributed by atoms with Crippen molar-refractivity contribution in [1.82, 2.24) is 15.0 Å². The molecule has 0 radical (unpaired) electrons. The van der Waals surface area contributed by atoms with Gasteiger partial charge in [-0.25, -0.2) is 0 Å². The van der Waals surface area contributed by atoms with Gasteiger partial charge in [0.1, 0.15) is 5.69 Å². The number of likely N-dealkylation sites (tertiary alicyclic amines) is 1. The van der Waals surface area contributed by atoms with Gasteiger partial charge in [-0.05, 0) is 36.8 Å². The van der Waals surface area contributed by atoms with Gasteiger partial charge in [0.05, 0.1) is 5.69 Å². The second kappa shape index (κ2) is 6.81. The number of likely N-dealkylation sites (N-methyl/N-ethyl adjacent to an activating group) is 1. The molecule has 1 saturated heterocycles. The van der Waals surface area contributed by atoms with Crippen molar-refractivity contribution in [1.29, 1.82) is 0 Å². The van der Waals surface area contributed by atoms with Crippen molar-refractivity contribution in [3.63, 3.8) is 0 Å². The van der Waals surface area contributed by atoms with Gasteiger partial charge >= 0.3 is 0 Å². The quantitative estimate of drug-likeness (QED) is 0.725. The van der Waals surface area contributed by atoms with Crippen molar-refractivity contribution in [3.8, 4) is 11.3 Å². The maximum absolute atomic E-state index is 12.3. The lowest BCUT2D eigenvalue weighted by Crippen LogP contribution is -2.35. The number of fused-ring (bicyclic) bond motifs is 1. The second-order valence-corrected chi connectivity index (χ2v) is 7.90. The molecular formula is C23H22N4O3. The number of hydrogen-bond donors (Lipinski definition) is 1. The first-order chi connectivity index (χ1) is 14.5. The van der Waals surface area contributed by atoms with Crippen molar-refractivity contribution in [2.75, 3.05) is 18.5 Å². The van der Waals surface area contributed by atoms with Crippen LogP contribution in [0, 0.1) is 6.92 Å². The molecule has 4 heterocycles. The van der Waals surface area contributed by atoms with Crippen molar-refractivity contribution in [2.45, 2.75) is 25.5 Å². The van der Waals surface area contributed by atoms with Crippen LogP contribution in [0.2, 0.25) is 0 Å². The number of pyridine rings is 1. The molecule has 0 saturated carbocycles. The van der Waals surface area contributed by atoms with Crippen LogP contribution in [0.15, 0.2) is 53.3 Å². The highest BCUT2D eigenvalue weighted by atomic mass is 16.5. The van der Waals surface area contributed by atoms with Crippen molar-refractivity contribution in [3.05, 3.63) is 71.4 Å². The highest BCUT2D eigenvalue weighted by molar-refractivity contribution is 5.87. The highest BCUT2D eigenvalue weighted by Crippen LogP contribution is 2.35. The zero-order valence-electron chi connectivity index (χ0n) is 16.9. The number of benzene rings is 1. The van der Waals surface area contributed by atoms with E-state index in [1.54, 1.807) is 13.1 Å². The number of carbonyl (C=O) groups is 1. The Balaban J connectivity index is 1.44. The van der Waals surface area contributed by atoms with Gasteiger partial charge in [0.25, 0.3) is 5.91 Å². The summed E-state index contributed by atoms with van der Waals surface area (Å²) in [6, 6.07) is 11.6. The Morgan fingerprint density at radius 1 is 1.23 bits per heavy atom. The smallest absolute Gasteiger partial charge is 0.262 e. The molecule has 0 spiro atoms. The van der Waals surface area contributed by atoms with Gasteiger partial charge in [0, 0.05) is 61.8 Å². The molecule has 0 bridgehead atoms. The van der Waals surface area contributed by atoms with E-state index in [1.807, 2.05) is 48.8 Å². The largest absolute Gasteiger partial charge is 0.373 e. The van der Waals surface area contributed by atoms with Gasteiger partial charge in [0.15, 0.2) is 5.76 Å². The number of aliphatic hydroxyl groups is 1. The SMILES string of the molecule is Cc1ccnc2c1CN(c1cccc(-c3cc([C@]4(O)CCN(C)C4=O)on3)c1)C=C2. The van der Waals surface area contributed by atoms with Crippen molar-refractivity contribution < 1.29 is 14.4 Å². The van der Waals surface area contributed by atoms with Gasteiger partial charge in [0.2, 0.25) is 5.60 Å². The fourth-order valence-electron chi connectivity index (χ4n) is 4.05. The fraction of sp³-hybridized carbons (Fsp3) is 0.261. The van der Waals surface area contributed by atoms with Gasteiger partial charge < -0.3 is 19.4 Å². The van der Waals surface area contributed by atoms with E-state index < -0.39 is 5.60 Å². The van der Waals surface area contributed by atoms with Crippen LogP contribution in [-0.4, -0.2) is 39.6 Å². The number of hydrogen-bond acceptors (Lipinski definition) is 6. The average Bonchev–Trinajstić information content (AvgIpc) is 3.37. The van der Waals surface area contributed by atoms with Gasteiger partial charge in [-0.1, -0.05) is 17.3 Å². The normalized spacial score (nSPS) is 20.7. The monoisotopic (exact) mass is 402 g/mol. The molecule has 2 aliphatic heterocycles. The molecule has 2 aromatic heterocycles. The first-order valence-electron chi connectivity index (χ1n) is 9.90. The summed E-state index contributed by atoms with van der Waals surface area (Å²) in [5.41, 5.74) is 4.24. The summed E-state index contributed by atoms with van der Waals surface area (Å²) >= 11 is 0. The molecule has 1 fully saturated rings. The van der Waals surface area contributed by atoms with Crippen molar-refractivity contribution in [2.24, 2.45) is 0 Å². The lowest BCUT2D eigenvalue weighted by molar-refractivity contribution is -0.144. The summed E-state index contributed by atoms with van der Waals surface area (Å²) in [5, 5.41) is 14.9. The molecule has 7 heteroatoms. The summed E-state index contributed by atoms with van der Waals surface area (Å²) in [5.74, 6) is -0.175. The first kappa shape index (κ1) is 18.6. The van der Waals surface area contributed by atoms with E-state index in [9.17, 15) is 9.90 Å². The standard InChI is InChI=1S/C23H22N4O3/c1-15-6-9-24-19-7-10-27(14-18(15)19)17-5-3-4-16(12-17)20-13-21(30-25-20)23(29)8-11-26(2)22(23)28/h3-7,9-10,12-13,29H,8,11,14H2,1-2H3/t23-/m1/s1. The third-order valence-corrected chi connectivity index (χ3v) is 5.97. The Morgan fingerprint density at radius 2 is 2.10 bits per heavy atom. The Morgan fingerprint density at radius 3 is 2.90 bits per heavy atom. The van der Waals surface area contributed by atoms with Crippen LogP contribution in [0.25, 0.3) is 17.3 Å². The Kier molecular flexibility index (Phi) is 4.22. The second-order valence-electron chi connectivity index (χ2n) is 7.90. The number of aryl methyl sites for hydroxylation is 1. The fourth-order valence-corrected chi connectivity index (χ4v) is 4.05. The summed E-state index contributed by atoms with van der Waals surface area (Å²) in [6.45, 7) is 3.31. The first-order valence-corrected chi connectivity index (χ1v) is 9.90. The van der Waals surface area contributed by atoms with E-state index in [2.05, 4.69) is 22.0 Å². The summed E-state index contributed by atoms with van der Waals surface area (Å²) < 4.78 is 5.39. The molecule has 1 atom stereocenters. The number of nitrogens with zero attached hydrogens (tertiary/aromatic N) is 4. The van der Waals surface area contributed by atoms with Gasteiger partial charge in [-0.15, -0.1) is 0 Å². The molecular weight excluding hydrogens is 380 g/mol. The maximum atomic E-state index is 12.3. The average molecular weight is 402 g/mol. The zero-order chi connectivity index (χ0) is 20.9. The summed E-state index contributed by atoms with van der Waals surface area (Å²) in [6.07, 6.45) is 6.17. The molecule has 0 unspecified atom stereocenters. The molecule has 3 aromatic rings. The predicted octanol–water partition coefficient (Wildman–Crippen LogP) is 3.09. The van der Waals surface area contributed by atoms with Gasteiger partial charge in [-0.2, -0.15) is 0 Å². The molecule has 1 amide bonds. The van der Waals surface area contributed by atoms with E-state index in [0.29, 0.717) is 18.7 Å². The van der Waals surface area contributed by atoms with Crippen LogP contribution in [-0.2, 0) is 16.9 Å². The number of rotatable bonds is 3.